The van der Waals surface area contributed by atoms with E-state index in [0.717, 1.165) is 11.1 Å². The Balaban J connectivity index is 1.17. The summed E-state index contributed by atoms with van der Waals surface area (Å²) in [4.78, 5) is 38.1. The van der Waals surface area contributed by atoms with Gasteiger partial charge in [-0.25, -0.2) is 4.79 Å². The van der Waals surface area contributed by atoms with Gasteiger partial charge < -0.3 is 20.1 Å². The predicted molar refractivity (Wildman–Crippen MR) is 117 cm³/mol. The van der Waals surface area contributed by atoms with Crippen molar-refractivity contribution in [3.05, 3.63) is 59.7 Å². The Bertz CT molecular complexity index is 1030. The van der Waals surface area contributed by atoms with Crippen molar-refractivity contribution >= 4 is 18.0 Å². The zero-order valence-electron chi connectivity index (χ0n) is 17.8. The molecule has 3 aliphatic rings. The number of carboxylic acids is 1. The minimum Gasteiger partial charge on any atom is -0.481 e. The average Bonchev–Trinajstić information content (AvgIpc) is 3.30. The topological polar surface area (TPSA) is 95.9 Å². The van der Waals surface area contributed by atoms with Crippen LogP contribution in [0.25, 0.3) is 11.1 Å². The molecule has 1 heterocycles. The van der Waals surface area contributed by atoms with Gasteiger partial charge in [-0.1, -0.05) is 48.5 Å². The first kappa shape index (κ1) is 20.5. The number of likely N-dealkylation sites (tertiary alicyclic amines) is 1. The van der Waals surface area contributed by atoms with E-state index in [1.165, 1.54) is 11.1 Å². The second-order valence-electron chi connectivity index (χ2n) is 9.03. The van der Waals surface area contributed by atoms with E-state index in [-0.39, 0.29) is 31.5 Å². The van der Waals surface area contributed by atoms with Crippen LogP contribution in [0.5, 0.6) is 0 Å². The number of carboxylic acid groups (broad SMARTS) is 1. The van der Waals surface area contributed by atoms with Crippen LogP contribution in [0.4, 0.5) is 4.79 Å². The molecule has 2 N–H and O–H groups in total. The molecule has 2 aromatic carbocycles. The third-order valence-corrected chi connectivity index (χ3v) is 7.05. The zero-order chi connectivity index (χ0) is 22.3. The summed E-state index contributed by atoms with van der Waals surface area (Å²) in [6.07, 6.45) is 1.35. The Morgan fingerprint density at radius 3 is 2.22 bits per heavy atom. The lowest BCUT2D eigenvalue weighted by molar-refractivity contribution is -0.141. The van der Waals surface area contributed by atoms with Gasteiger partial charge in [-0.05, 0) is 41.5 Å². The SMILES string of the molecule is O=C(NCC1(C(=O)N2CCC(C(=O)O)C2)CC1)OCC1c2ccccc2-c2ccccc21. The van der Waals surface area contributed by atoms with E-state index < -0.39 is 23.4 Å². The molecule has 2 fully saturated rings. The van der Waals surface area contributed by atoms with Crippen molar-refractivity contribution in [2.45, 2.75) is 25.2 Å². The largest absolute Gasteiger partial charge is 0.481 e. The highest BCUT2D eigenvalue weighted by Crippen LogP contribution is 2.47. The van der Waals surface area contributed by atoms with Gasteiger partial charge in [0, 0.05) is 25.6 Å². The lowest BCUT2D eigenvalue weighted by atomic mass is 9.98. The quantitative estimate of drug-likeness (QED) is 0.728. The molecule has 1 saturated heterocycles. The van der Waals surface area contributed by atoms with Crippen LogP contribution < -0.4 is 5.32 Å². The van der Waals surface area contributed by atoms with Crippen LogP contribution in [-0.4, -0.2) is 54.2 Å². The normalized spacial score (nSPS) is 20.4. The van der Waals surface area contributed by atoms with Crippen LogP contribution in [0.3, 0.4) is 0 Å². The minimum atomic E-state index is -0.859. The molecule has 166 valence electrons. The fourth-order valence-electron chi connectivity index (χ4n) is 4.99. The number of hydrogen-bond donors (Lipinski definition) is 2. The molecule has 2 amide bonds. The van der Waals surface area contributed by atoms with Gasteiger partial charge in [0.15, 0.2) is 0 Å². The second kappa shape index (κ2) is 7.97. The van der Waals surface area contributed by atoms with Crippen LogP contribution in [0.15, 0.2) is 48.5 Å². The second-order valence-corrected chi connectivity index (χ2v) is 9.03. The van der Waals surface area contributed by atoms with Gasteiger partial charge in [-0.15, -0.1) is 0 Å². The maximum atomic E-state index is 12.9. The smallest absolute Gasteiger partial charge is 0.407 e. The van der Waals surface area contributed by atoms with E-state index in [1.807, 2.05) is 24.3 Å². The number of ether oxygens (including phenoxy) is 1. The van der Waals surface area contributed by atoms with Gasteiger partial charge in [-0.3, -0.25) is 9.59 Å². The Kier molecular flexibility index (Phi) is 5.12. The van der Waals surface area contributed by atoms with Crippen LogP contribution in [0.2, 0.25) is 0 Å². The Morgan fingerprint density at radius 1 is 1.03 bits per heavy atom. The molecule has 2 aromatic rings. The molecule has 0 radical (unpaired) electrons. The highest BCUT2D eigenvalue weighted by molar-refractivity contribution is 5.87. The highest BCUT2D eigenvalue weighted by Gasteiger charge is 2.53. The Morgan fingerprint density at radius 2 is 1.66 bits per heavy atom. The third kappa shape index (κ3) is 3.61. The number of rotatable bonds is 6. The van der Waals surface area contributed by atoms with E-state index >= 15 is 0 Å². The van der Waals surface area contributed by atoms with Crippen molar-refractivity contribution in [2.24, 2.45) is 11.3 Å². The zero-order valence-corrected chi connectivity index (χ0v) is 17.8. The lowest BCUT2D eigenvalue weighted by Crippen LogP contribution is -2.42. The van der Waals surface area contributed by atoms with Crippen molar-refractivity contribution in [2.75, 3.05) is 26.2 Å². The summed E-state index contributed by atoms with van der Waals surface area (Å²) in [5, 5.41) is 11.9. The molecule has 1 saturated carbocycles. The fraction of sp³-hybridized carbons (Fsp3) is 0.400. The standard InChI is InChI=1S/C25H26N2O5/c28-22(29)16-9-12-27(13-16)23(30)25(10-11-25)15-26-24(31)32-14-21-19-7-3-1-5-17(19)18-6-2-4-8-20(18)21/h1-8,16,21H,9-15H2,(H,26,31)(H,28,29). The van der Waals surface area contributed by atoms with Crippen molar-refractivity contribution in [1.29, 1.82) is 0 Å². The molecule has 0 aromatic heterocycles. The van der Waals surface area contributed by atoms with Crippen LogP contribution in [-0.2, 0) is 14.3 Å². The summed E-state index contributed by atoms with van der Waals surface area (Å²) >= 11 is 0. The number of carbonyl (C=O) groups excluding carboxylic acids is 2. The number of hydrogen-bond acceptors (Lipinski definition) is 4. The number of nitrogens with zero attached hydrogens (tertiary/aromatic N) is 1. The van der Waals surface area contributed by atoms with Gasteiger partial charge in [0.2, 0.25) is 5.91 Å². The van der Waals surface area contributed by atoms with Gasteiger partial charge >= 0.3 is 12.1 Å². The van der Waals surface area contributed by atoms with Crippen molar-refractivity contribution in [3.8, 4) is 11.1 Å². The van der Waals surface area contributed by atoms with Gasteiger partial charge in [0.25, 0.3) is 0 Å². The number of amides is 2. The number of alkyl carbamates (subject to hydrolysis) is 1. The van der Waals surface area contributed by atoms with Crippen molar-refractivity contribution in [1.82, 2.24) is 10.2 Å². The molecular formula is C25H26N2O5. The minimum absolute atomic E-state index is 0.0118. The first-order valence-electron chi connectivity index (χ1n) is 11.1. The first-order chi connectivity index (χ1) is 15.5. The molecule has 32 heavy (non-hydrogen) atoms. The fourth-order valence-corrected chi connectivity index (χ4v) is 4.99. The van der Waals surface area contributed by atoms with Crippen molar-refractivity contribution < 1.29 is 24.2 Å². The monoisotopic (exact) mass is 434 g/mol. The maximum Gasteiger partial charge on any atom is 0.407 e. The molecule has 0 spiro atoms. The summed E-state index contributed by atoms with van der Waals surface area (Å²) in [5.41, 5.74) is 4.03. The summed E-state index contributed by atoms with van der Waals surface area (Å²) in [7, 11) is 0. The number of aliphatic carboxylic acids is 1. The molecular weight excluding hydrogens is 408 g/mol. The lowest BCUT2D eigenvalue weighted by Gasteiger charge is -2.23. The van der Waals surface area contributed by atoms with Crippen LogP contribution in [0.1, 0.15) is 36.3 Å². The Labute approximate surface area is 186 Å². The number of fused-ring (bicyclic) bond motifs is 3. The van der Waals surface area contributed by atoms with E-state index in [1.54, 1.807) is 4.90 Å². The van der Waals surface area contributed by atoms with E-state index in [2.05, 4.69) is 29.6 Å². The molecule has 1 unspecified atom stereocenters. The molecule has 7 nitrogen and oxygen atoms in total. The number of carbonyl (C=O) groups is 3. The van der Waals surface area contributed by atoms with E-state index in [9.17, 15) is 14.4 Å². The van der Waals surface area contributed by atoms with Crippen LogP contribution in [0, 0.1) is 11.3 Å². The van der Waals surface area contributed by atoms with Crippen LogP contribution >= 0.6 is 0 Å². The van der Waals surface area contributed by atoms with E-state index in [0.29, 0.717) is 25.8 Å². The van der Waals surface area contributed by atoms with Gasteiger partial charge in [0.05, 0.1) is 11.3 Å². The molecule has 0 bridgehead atoms. The molecule has 5 rings (SSSR count). The molecule has 7 heteroatoms. The molecule has 2 aliphatic carbocycles. The van der Waals surface area contributed by atoms with Crippen molar-refractivity contribution in [3.63, 3.8) is 0 Å². The van der Waals surface area contributed by atoms with Gasteiger partial charge in [0.1, 0.15) is 6.61 Å². The maximum absolute atomic E-state index is 12.9. The molecule has 1 atom stereocenters. The summed E-state index contributed by atoms with van der Waals surface area (Å²) in [6.45, 7) is 1.16. The summed E-state index contributed by atoms with van der Waals surface area (Å²) in [5.74, 6) is -1.42. The Hall–Kier alpha value is -3.35. The summed E-state index contributed by atoms with van der Waals surface area (Å²) in [6, 6.07) is 16.3. The highest BCUT2D eigenvalue weighted by atomic mass is 16.5. The number of benzene rings is 2. The van der Waals surface area contributed by atoms with E-state index in [4.69, 9.17) is 9.84 Å². The average molecular weight is 434 g/mol. The third-order valence-electron chi connectivity index (χ3n) is 7.05. The summed E-state index contributed by atoms with van der Waals surface area (Å²) < 4.78 is 5.56. The van der Waals surface area contributed by atoms with Gasteiger partial charge in [-0.2, -0.15) is 0 Å². The predicted octanol–water partition coefficient (Wildman–Crippen LogP) is 3.24. The first-order valence-corrected chi connectivity index (χ1v) is 11.1. The number of nitrogens with one attached hydrogen (secondary N) is 1. The molecule has 1 aliphatic heterocycles.